The number of aromatic amines is 1. The van der Waals surface area contributed by atoms with Gasteiger partial charge in [0.1, 0.15) is 18.1 Å². The Hall–Kier alpha value is -2.10. The summed E-state index contributed by atoms with van der Waals surface area (Å²) in [5.74, 6) is 1.91. The Morgan fingerprint density at radius 3 is 2.76 bits per heavy atom. The predicted octanol–water partition coefficient (Wildman–Crippen LogP) is 4.51. The minimum Gasteiger partial charge on any atom is -0.443 e. The lowest BCUT2D eigenvalue weighted by Gasteiger charge is -2.13. The summed E-state index contributed by atoms with van der Waals surface area (Å²) in [6, 6.07) is 4.79. The SMILES string of the molecule is CCNC(=NCc1ncc(C(C)(C)C)o1)NCCc1c[nH]c2ccc(F)cc12.I. The molecule has 0 aliphatic heterocycles. The second-order valence-corrected chi connectivity index (χ2v) is 7.74. The van der Waals surface area contributed by atoms with Gasteiger partial charge in [-0.15, -0.1) is 24.0 Å². The van der Waals surface area contributed by atoms with E-state index in [1.165, 1.54) is 6.07 Å². The van der Waals surface area contributed by atoms with Crippen LogP contribution in [0.25, 0.3) is 10.9 Å². The van der Waals surface area contributed by atoms with Crippen molar-refractivity contribution < 1.29 is 8.81 Å². The Kier molecular flexibility index (Phi) is 8.06. The van der Waals surface area contributed by atoms with E-state index in [2.05, 4.69) is 46.4 Å². The number of halogens is 2. The van der Waals surface area contributed by atoms with Crippen molar-refractivity contribution in [1.82, 2.24) is 20.6 Å². The first kappa shape index (κ1) is 23.2. The number of guanidine groups is 1. The molecule has 29 heavy (non-hydrogen) atoms. The second kappa shape index (κ2) is 10.1. The molecule has 0 unspecified atom stereocenters. The number of H-pyrrole nitrogens is 1. The molecular formula is C21H29FIN5O. The molecule has 0 atom stereocenters. The van der Waals surface area contributed by atoms with Gasteiger partial charge < -0.3 is 20.0 Å². The molecule has 3 N–H and O–H groups in total. The minimum absolute atomic E-state index is 0. The van der Waals surface area contributed by atoms with E-state index in [9.17, 15) is 4.39 Å². The summed E-state index contributed by atoms with van der Waals surface area (Å²) in [4.78, 5) is 12.0. The predicted molar refractivity (Wildman–Crippen MR) is 125 cm³/mol. The van der Waals surface area contributed by atoms with Gasteiger partial charge in [0.15, 0.2) is 5.96 Å². The lowest BCUT2D eigenvalue weighted by atomic mass is 9.94. The van der Waals surface area contributed by atoms with Crippen LogP contribution in [0.4, 0.5) is 4.39 Å². The summed E-state index contributed by atoms with van der Waals surface area (Å²) < 4.78 is 19.3. The number of fused-ring (bicyclic) bond motifs is 1. The molecular weight excluding hydrogens is 484 g/mol. The summed E-state index contributed by atoms with van der Waals surface area (Å²) in [6.07, 6.45) is 4.44. The Morgan fingerprint density at radius 1 is 1.28 bits per heavy atom. The molecule has 2 heterocycles. The number of benzene rings is 1. The van der Waals surface area contributed by atoms with Crippen molar-refractivity contribution in [2.24, 2.45) is 4.99 Å². The van der Waals surface area contributed by atoms with Crippen molar-refractivity contribution in [2.45, 2.75) is 46.1 Å². The quantitative estimate of drug-likeness (QED) is 0.258. The number of rotatable bonds is 6. The third kappa shape index (κ3) is 6.19. The summed E-state index contributed by atoms with van der Waals surface area (Å²) in [7, 11) is 0. The molecule has 0 saturated heterocycles. The zero-order valence-corrected chi connectivity index (χ0v) is 19.6. The highest BCUT2D eigenvalue weighted by Gasteiger charge is 2.19. The maximum absolute atomic E-state index is 13.5. The zero-order valence-electron chi connectivity index (χ0n) is 17.3. The average molecular weight is 513 g/mol. The first-order valence-electron chi connectivity index (χ1n) is 9.59. The molecule has 158 valence electrons. The molecule has 6 nitrogen and oxygen atoms in total. The number of aliphatic imine (C=N–C) groups is 1. The third-order valence-corrected chi connectivity index (χ3v) is 4.43. The molecule has 0 bridgehead atoms. The monoisotopic (exact) mass is 513 g/mol. The van der Waals surface area contributed by atoms with Gasteiger partial charge in [-0.1, -0.05) is 20.8 Å². The second-order valence-electron chi connectivity index (χ2n) is 7.74. The van der Waals surface area contributed by atoms with Crippen LogP contribution in [0.15, 0.2) is 40.0 Å². The maximum atomic E-state index is 13.5. The summed E-state index contributed by atoms with van der Waals surface area (Å²) >= 11 is 0. The highest BCUT2D eigenvalue weighted by molar-refractivity contribution is 14.0. The molecule has 0 spiro atoms. The minimum atomic E-state index is -0.225. The largest absolute Gasteiger partial charge is 0.443 e. The zero-order chi connectivity index (χ0) is 20.1. The number of hydrogen-bond donors (Lipinski definition) is 3. The molecule has 2 aromatic heterocycles. The number of hydrogen-bond acceptors (Lipinski definition) is 3. The van der Waals surface area contributed by atoms with Gasteiger partial charge in [-0.05, 0) is 37.1 Å². The molecule has 0 amide bonds. The number of nitrogens with one attached hydrogen (secondary N) is 3. The maximum Gasteiger partial charge on any atom is 0.216 e. The van der Waals surface area contributed by atoms with Crippen LogP contribution < -0.4 is 10.6 Å². The van der Waals surface area contributed by atoms with Crippen LogP contribution in [0.3, 0.4) is 0 Å². The Morgan fingerprint density at radius 2 is 2.07 bits per heavy atom. The fraction of sp³-hybridized carbons (Fsp3) is 0.429. The molecule has 0 fully saturated rings. The van der Waals surface area contributed by atoms with Crippen molar-refractivity contribution in [3.8, 4) is 0 Å². The van der Waals surface area contributed by atoms with Crippen molar-refractivity contribution in [3.63, 3.8) is 0 Å². The van der Waals surface area contributed by atoms with Crippen molar-refractivity contribution in [2.75, 3.05) is 13.1 Å². The van der Waals surface area contributed by atoms with E-state index >= 15 is 0 Å². The summed E-state index contributed by atoms with van der Waals surface area (Å²) in [5.41, 5.74) is 1.94. The molecule has 1 aromatic carbocycles. The average Bonchev–Trinajstić information content (AvgIpc) is 3.26. The van der Waals surface area contributed by atoms with Gasteiger partial charge in [-0.2, -0.15) is 0 Å². The van der Waals surface area contributed by atoms with Crippen LogP contribution in [0.2, 0.25) is 0 Å². The van der Waals surface area contributed by atoms with Crippen LogP contribution in [0, 0.1) is 5.82 Å². The van der Waals surface area contributed by atoms with Gasteiger partial charge in [-0.3, -0.25) is 0 Å². The van der Waals surface area contributed by atoms with Crippen LogP contribution in [0.5, 0.6) is 0 Å². The molecule has 8 heteroatoms. The lowest BCUT2D eigenvalue weighted by molar-refractivity contribution is 0.383. The lowest BCUT2D eigenvalue weighted by Crippen LogP contribution is -2.38. The van der Waals surface area contributed by atoms with E-state index in [4.69, 9.17) is 4.42 Å². The number of oxazole rings is 1. The fourth-order valence-corrected chi connectivity index (χ4v) is 2.89. The smallest absolute Gasteiger partial charge is 0.216 e. The van der Waals surface area contributed by atoms with Crippen LogP contribution >= 0.6 is 24.0 Å². The van der Waals surface area contributed by atoms with E-state index in [0.29, 0.717) is 24.9 Å². The summed E-state index contributed by atoms with van der Waals surface area (Å²) in [6.45, 7) is 10.1. The number of aromatic nitrogens is 2. The van der Waals surface area contributed by atoms with Gasteiger partial charge in [0.2, 0.25) is 5.89 Å². The van der Waals surface area contributed by atoms with Crippen molar-refractivity contribution >= 4 is 40.8 Å². The van der Waals surface area contributed by atoms with E-state index in [1.807, 2.05) is 13.1 Å². The van der Waals surface area contributed by atoms with E-state index in [0.717, 1.165) is 35.2 Å². The molecule has 0 radical (unpaired) electrons. The first-order valence-corrected chi connectivity index (χ1v) is 9.59. The van der Waals surface area contributed by atoms with Gasteiger partial charge in [0, 0.05) is 35.6 Å². The Labute approximate surface area is 187 Å². The van der Waals surface area contributed by atoms with E-state index in [1.54, 1.807) is 18.3 Å². The molecule has 3 rings (SSSR count). The third-order valence-electron chi connectivity index (χ3n) is 4.43. The van der Waals surface area contributed by atoms with E-state index in [-0.39, 0.29) is 35.2 Å². The molecule has 0 saturated carbocycles. The van der Waals surface area contributed by atoms with E-state index < -0.39 is 0 Å². The summed E-state index contributed by atoms with van der Waals surface area (Å²) in [5, 5.41) is 7.44. The Balaban J connectivity index is 0.00000300. The van der Waals surface area contributed by atoms with Gasteiger partial charge >= 0.3 is 0 Å². The van der Waals surface area contributed by atoms with Crippen molar-refractivity contribution in [1.29, 1.82) is 0 Å². The topological polar surface area (TPSA) is 78.2 Å². The van der Waals surface area contributed by atoms with Gasteiger partial charge in [-0.25, -0.2) is 14.4 Å². The number of nitrogens with zero attached hydrogens (tertiary/aromatic N) is 2. The Bertz CT molecular complexity index is 958. The normalized spacial score (nSPS) is 12.1. The van der Waals surface area contributed by atoms with Crippen LogP contribution in [-0.4, -0.2) is 29.0 Å². The van der Waals surface area contributed by atoms with Crippen LogP contribution in [0.1, 0.15) is 44.9 Å². The highest BCUT2D eigenvalue weighted by atomic mass is 127. The standard InChI is InChI=1S/C21H28FN5O.HI/c1-5-23-20(27-13-19-26-12-18(28-19)21(2,3)4)24-9-8-14-11-25-17-7-6-15(22)10-16(14)17;/h6-7,10-12,25H,5,8-9,13H2,1-4H3,(H2,23,24,27);1H. The highest BCUT2D eigenvalue weighted by Crippen LogP contribution is 2.23. The van der Waals surface area contributed by atoms with Crippen LogP contribution in [-0.2, 0) is 18.4 Å². The molecule has 3 aromatic rings. The molecule has 0 aliphatic rings. The molecule has 0 aliphatic carbocycles. The van der Waals surface area contributed by atoms with Crippen molar-refractivity contribution in [3.05, 3.63) is 53.6 Å². The van der Waals surface area contributed by atoms with Gasteiger partial charge in [0.25, 0.3) is 0 Å². The fourth-order valence-electron chi connectivity index (χ4n) is 2.89. The van der Waals surface area contributed by atoms with Gasteiger partial charge in [0.05, 0.1) is 6.20 Å². The first-order chi connectivity index (χ1) is 13.4.